The lowest BCUT2D eigenvalue weighted by Crippen LogP contribution is -2.26. The van der Waals surface area contributed by atoms with Gasteiger partial charge in [0.2, 0.25) is 5.96 Å². The van der Waals surface area contributed by atoms with E-state index in [2.05, 4.69) is 9.98 Å². The Bertz CT molecular complexity index is 704. The molecular formula is C17H27N5O6. The second-order valence-corrected chi connectivity index (χ2v) is 5.23. The molecule has 0 aliphatic heterocycles. The molecule has 0 radical (unpaired) electrons. The summed E-state index contributed by atoms with van der Waals surface area (Å²) in [5.74, 6) is -0.469. The molecule has 1 aromatic rings. The third-order valence-corrected chi connectivity index (χ3v) is 3.13. The Morgan fingerprint density at radius 1 is 0.964 bits per heavy atom. The highest BCUT2D eigenvalue weighted by molar-refractivity contribution is 5.99. The minimum Gasteiger partial charge on any atom is -0.487 e. The molecule has 0 saturated heterocycles. The third-order valence-electron chi connectivity index (χ3n) is 3.13. The van der Waals surface area contributed by atoms with Gasteiger partial charge in [0.1, 0.15) is 13.2 Å². The Balaban J connectivity index is 3.40. The van der Waals surface area contributed by atoms with Crippen LogP contribution in [0.15, 0.2) is 22.1 Å². The first-order valence-corrected chi connectivity index (χ1v) is 8.45. The van der Waals surface area contributed by atoms with Gasteiger partial charge in [0.05, 0.1) is 31.1 Å². The van der Waals surface area contributed by atoms with Crippen molar-refractivity contribution in [2.45, 2.75) is 6.92 Å². The number of rotatable bonds is 11. The fraction of sp³-hybridized carbons (Fsp3) is 0.471. The summed E-state index contributed by atoms with van der Waals surface area (Å²) in [5.41, 5.74) is 16.6. The Labute approximate surface area is 163 Å². The fourth-order valence-corrected chi connectivity index (χ4v) is 1.99. The molecule has 0 bridgehead atoms. The number of carbonyl (C=O) groups is 1. The zero-order valence-corrected chi connectivity index (χ0v) is 16.3. The highest BCUT2D eigenvalue weighted by atomic mass is 16.6. The van der Waals surface area contributed by atoms with Crippen LogP contribution in [0.3, 0.4) is 0 Å². The van der Waals surface area contributed by atoms with Gasteiger partial charge < -0.3 is 40.9 Å². The van der Waals surface area contributed by atoms with Crippen molar-refractivity contribution >= 4 is 23.6 Å². The summed E-state index contributed by atoms with van der Waals surface area (Å²) in [6.07, 6.45) is 0. The fourth-order valence-electron chi connectivity index (χ4n) is 1.99. The molecular weight excluding hydrogens is 370 g/mol. The number of aliphatic imine (C=N–C) groups is 2. The molecule has 0 aliphatic rings. The molecule has 0 fully saturated rings. The molecule has 28 heavy (non-hydrogen) atoms. The first-order valence-electron chi connectivity index (χ1n) is 8.45. The van der Waals surface area contributed by atoms with Crippen molar-refractivity contribution in [2.24, 2.45) is 27.2 Å². The van der Waals surface area contributed by atoms with Crippen molar-refractivity contribution in [3.05, 3.63) is 17.7 Å². The molecule has 1 rings (SSSR count). The van der Waals surface area contributed by atoms with Gasteiger partial charge in [-0.1, -0.05) is 0 Å². The van der Waals surface area contributed by atoms with E-state index in [1.807, 2.05) is 0 Å². The van der Waals surface area contributed by atoms with Crippen LogP contribution in [0, 0.1) is 0 Å². The Morgan fingerprint density at radius 2 is 1.54 bits per heavy atom. The summed E-state index contributed by atoms with van der Waals surface area (Å²) in [4.78, 5) is 20.1. The van der Waals surface area contributed by atoms with Crippen LogP contribution in [-0.2, 0) is 14.2 Å². The van der Waals surface area contributed by atoms with Gasteiger partial charge in [0.15, 0.2) is 17.5 Å². The lowest BCUT2D eigenvalue weighted by Gasteiger charge is -2.15. The van der Waals surface area contributed by atoms with Gasteiger partial charge in [0.25, 0.3) is 0 Å². The monoisotopic (exact) mass is 397 g/mol. The van der Waals surface area contributed by atoms with Crippen LogP contribution in [0.1, 0.15) is 17.3 Å². The Kier molecular flexibility index (Phi) is 10.1. The van der Waals surface area contributed by atoms with Gasteiger partial charge in [-0.25, -0.2) is 9.79 Å². The number of methoxy groups -OCH3 is 2. The van der Waals surface area contributed by atoms with Crippen molar-refractivity contribution < 1.29 is 28.5 Å². The Morgan fingerprint density at radius 3 is 2.04 bits per heavy atom. The topological polar surface area (TPSA) is 166 Å². The number of hydrogen-bond donors (Lipinski definition) is 3. The second kappa shape index (κ2) is 12.4. The lowest BCUT2D eigenvalue weighted by molar-refractivity contribution is 0.0526. The lowest BCUT2D eigenvalue weighted by atomic mass is 10.1. The van der Waals surface area contributed by atoms with E-state index in [4.69, 9.17) is 40.9 Å². The molecule has 0 aliphatic carbocycles. The zero-order chi connectivity index (χ0) is 20.9. The van der Waals surface area contributed by atoms with Gasteiger partial charge in [-0.15, -0.1) is 0 Å². The van der Waals surface area contributed by atoms with Crippen LogP contribution in [0.4, 0.5) is 5.69 Å². The normalized spacial score (nSPS) is 11.0. The van der Waals surface area contributed by atoms with Crippen LogP contribution in [0.5, 0.6) is 11.5 Å². The predicted molar refractivity (Wildman–Crippen MR) is 104 cm³/mol. The number of nitrogens with zero attached hydrogens (tertiary/aromatic N) is 2. The number of carbonyl (C=O) groups excluding carboxylic acids is 1. The zero-order valence-electron chi connectivity index (χ0n) is 16.3. The smallest absolute Gasteiger partial charge is 0.340 e. The molecule has 0 amide bonds. The quantitative estimate of drug-likeness (QED) is 0.203. The number of hydrogen-bond acceptors (Lipinski definition) is 7. The summed E-state index contributed by atoms with van der Waals surface area (Å²) < 4.78 is 26.4. The Hall–Kier alpha value is -3.05. The molecule has 6 N–H and O–H groups in total. The summed E-state index contributed by atoms with van der Waals surface area (Å²) in [6, 6.07) is 2.94. The van der Waals surface area contributed by atoms with E-state index in [1.54, 1.807) is 21.1 Å². The van der Waals surface area contributed by atoms with E-state index in [0.717, 1.165) is 0 Å². The molecule has 11 nitrogen and oxygen atoms in total. The highest BCUT2D eigenvalue weighted by Crippen LogP contribution is 2.36. The number of nitrogens with two attached hydrogens (primary N) is 3. The SMILES string of the molecule is CCOC(=O)c1cc(OCCOC)c(OCCOC)cc1N=C(N)N=C(N)N. The molecule has 156 valence electrons. The second-order valence-electron chi connectivity index (χ2n) is 5.23. The number of benzene rings is 1. The van der Waals surface area contributed by atoms with Crippen molar-refractivity contribution in [1.29, 1.82) is 0 Å². The van der Waals surface area contributed by atoms with Crippen molar-refractivity contribution in [1.82, 2.24) is 0 Å². The molecule has 0 unspecified atom stereocenters. The molecule has 0 atom stereocenters. The average Bonchev–Trinajstić information content (AvgIpc) is 2.63. The van der Waals surface area contributed by atoms with Gasteiger partial charge in [0, 0.05) is 26.4 Å². The summed E-state index contributed by atoms with van der Waals surface area (Å²) in [5, 5.41) is 0. The minimum atomic E-state index is -0.612. The molecule has 1 aromatic carbocycles. The van der Waals surface area contributed by atoms with Crippen LogP contribution in [0.25, 0.3) is 0 Å². The number of ether oxygens (including phenoxy) is 5. The molecule has 0 aromatic heterocycles. The minimum absolute atomic E-state index is 0.113. The summed E-state index contributed by atoms with van der Waals surface area (Å²) in [6.45, 7) is 3.07. The van der Waals surface area contributed by atoms with Gasteiger partial charge >= 0.3 is 5.97 Å². The maximum absolute atomic E-state index is 12.4. The third kappa shape index (κ3) is 7.68. The number of esters is 1. The van der Waals surface area contributed by atoms with Crippen molar-refractivity contribution in [3.8, 4) is 11.5 Å². The molecule has 0 saturated carbocycles. The predicted octanol–water partition coefficient (Wildman–Crippen LogP) is 0.133. The molecule has 0 spiro atoms. The van der Waals surface area contributed by atoms with Gasteiger partial charge in [-0.3, -0.25) is 0 Å². The van der Waals surface area contributed by atoms with Crippen LogP contribution in [0.2, 0.25) is 0 Å². The first kappa shape index (κ1) is 23.0. The van der Waals surface area contributed by atoms with Crippen LogP contribution < -0.4 is 26.7 Å². The van der Waals surface area contributed by atoms with E-state index in [-0.39, 0.29) is 43.0 Å². The van der Waals surface area contributed by atoms with E-state index in [9.17, 15) is 4.79 Å². The number of guanidine groups is 2. The highest BCUT2D eigenvalue weighted by Gasteiger charge is 2.19. The summed E-state index contributed by atoms with van der Waals surface area (Å²) in [7, 11) is 3.10. The maximum Gasteiger partial charge on any atom is 0.340 e. The molecule has 11 heteroatoms. The molecule has 0 heterocycles. The van der Waals surface area contributed by atoms with E-state index in [1.165, 1.54) is 12.1 Å². The van der Waals surface area contributed by atoms with E-state index in [0.29, 0.717) is 24.7 Å². The van der Waals surface area contributed by atoms with Gasteiger partial charge in [-0.05, 0) is 6.92 Å². The largest absolute Gasteiger partial charge is 0.487 e. The standard InChI is InChI=1S/C17H27N5O6/c1-4-26-15(23)11-9-13(27-7-5-24-2)14(28-8-6-25-3)10-12(11)21-17(20)22-16(18)19/h9-10H,4-8H2,1-3H3,(H6,18,19,20,21,22). The van der Waals surface area contributed by atoms with Crippen molar-refractivity contribution in [3.63, 3.8) is 0 Å². The van der Waals surface area contributed by atoms with Crippen LogP contribution >= 0.6 is 0 Å². The summed E-state index contributed by atoms with van der Waals surface area (Å²) >= 11 is 0. The van der Waals surface area contributed by atoms with Crippen molar-refractivity contribution in [2.75, 3.05) is 47.3 Å². The van der Waals surface area contributed by atoms with Crippen LogP contribution in [-0.4, -0.2) is 65.1 Å². The van der Waals surface area contributed by atoms with E-state index < -0.39 is 5.97 Å². The van der Waals surface area contributed by atoms with Gasteiger partial charge in [-0.2, -0.15) is 4.99 Å². The average molecular weight is 397 g/mol. The van der Waals surface area contributed by atoms with E-state index >= 15 is 0 Å². The maximum atomic E-state index is 12.4. The first-order chi connectivity index (χ1) is 13.4.